The van der Waals surface area contributed by atoms with E-state index in [4.69, 9.17) is 0 Å². The second-order valence-electron chi connectivity index (χ2n) is 5.95. The van der Waals surface area contributed by atoms with Gasteiger partial charge in [0.25, 0.3) is 0 Å². The SMILES string of the molecule is CN=C(NCCN1CCN(C(C)=O)CC1)NCc1nc(C)c(C)s1.I. The molecule has 2 rings (SSSR count). The number of aryl methyl sites for hydroxylation is 2. The van der Waals surface area contributed by atoms with E-state index in [2.05, 4.69) is 32.4 Å². The fraction of sp³-hybridized carbons (Fsp3) is 0.688. The van der Waals surface area contributed by atoms with Gasteiger partial charge in [-0.2, -0.15) is 0 Å². The molecule has 7 nitrogen and oxygen atoms in total. The van der Waals surface area contributed by atoms with Gasteiger partial charge in [0, 0.05) is 58.1 Å². The van der Waals surface area contributed by atoms with Crippen LogP contribution < -0.4 is 10.6 Å². The van der Waals surface area contributed by atoms with Crippen LogP contribution in [-0.4, -0.2) is 73.0 Å². The molecule has 0 aromatic carbocycles. The summed E-state index contributed by atoms with van der Waals surface area (Å²) in [5, 5.41) is 7.71. The Morgan fingerprint density at radius 3 is 2.44 bits per heavy atom. The number of carbonyl (C=O) groups excluding carboxylic acids is 1. The molecular formula is C16H29IN6OS. The average Bonchev–Trinajstić information content (AvgIpc) is 2.89. The number of nitrogens with one attached hydrogen (secondary N) is 2. The lowest BCUT2D eigenvalue weighted by molar-refractivity contribution is -0.130. The number of aromatic nitrogens is 1. The standard InChI is InChI=1S/C16H28N6OS.HI/c1-12-13(2)24-15(20-12)11-19-16(17-4)18-5-6-21-7-9-22(10-8-21)14(3)23;/h5-11H2,1-4H3,(H2,17,18,19);1H. The first kappa shape index (κ1) is 22.1. The molecule has 0 aliphatic carbocycles. The Balaban J connectivity index is 0.00000312. The van der Waals surface area contributed by atoms with E-state index < -0.39 is 0 Å². The van der Waals surface area contributed by atoms with E-state index in [9.17, 15) is 4.79 Å². The number of aliphatic imine (C=N–C) groups is 1. The molecule has 0 unspecified atom stereocenters. The monoisotopic (exact) mass is 480 g/mol. The maximum atomic E-state index is 11.3. The molecule has 1 aliphatic heterocycles. The van der Waals surface area contributed by atoms with Crippen LogP contribution in [0, 0.1) is 13.8 Å². The van der Waals surface area contributed by atoms with Gasteiger partial charge in [0.1, 0.15) is 5.01 Å². The average molecular weight is 480 g/mol. The second-order valence-corrected chi connectivity index (χ2v) is 7.24. The van der Waals surface area contributed by atoms with Crippen LogP contribution >= 0.6 is 35.3 Å². The van der Waals surface area contributed by atoms with Gasteiger partial charge in [-0.25, -0.2) is 4.98 Å². The predicted octanol–water partition coefficient (Wildman–Crippen LogP) is 1.21. The summed E-state index contributed by atoms with van der Waals surface area (Å²) in [4.78, 5) is 25.6. The van der Waals surface area contributed by atoms with Gasteiger partial charge in [-0.15, -0.1) is 35.3 Å². The van der Waals surface area contributed by atoms with Crippen molar-refractivity contribution in [1.82, 2.24) is 25.4 Å². The number of halogens is 1. The van der Waals surface area contributed by atoms with Crippen molar-refractivity contribution in [2.45, 2.75) is 27.3 Å². The van der Waals surface area contributed by atoms with E-state index in [1.807, 2.05) is 11.8 Å². The van der Waals surface area contributed by atoms with Gasteiger partial charge >= 0.3 is 0 Å². The third-order valence-electron chi connectivity index (χ3n) is 4.24. The second kappa shape index (κ2) is 10.9. The minimum absolute atomic E-state index is 0. The van der Waals surface area contributed by atoms with Gasteiger partial charge in [0.2, 0.25) is 5.91 Å². The molecule has 25 heavy (non-hydrogen) atoms. The number of carbonyl (C=O) groups is 1. The summed E-state index contributed by atoms with van der Waals surface area (Å²) in [7, 11) is 1.78. The number of amides is 1. The Morgan fingerprint density at radius 2 is 1.92 bits per heavy atom. The third-order valence-corrected chi connectivity index (χ3v) is 5.31. The summed E-state index contributed by atoms with van der Waals surface area (Å²) >= 11 is 1.72. The number of thiazole rings is 1. The van der Waals surface area contributed by atoms with E-state index in [0.29, 0.717) is 6.54 Å². The van der Waals surface area contributed by atoms with Crippen LogP contribution in [0.3, 0.4) is 0 Å². The van der Waals surface area contributed by atoms with Crippen LogP contribution in [0.4, 0.5) is 0 Å². The molecule has 1 aromatic rings. The lowest BCUT2D eigenvalue weighted by atomic mass is 10.3. The summed E-state index contributed by atoms with van der Waals surface area (Å²) in [6.45, 7) is 11.8. The topological polar surface area (TPSA) is 72.9 Å². The maximum Gasteiger partial charge on any atom is 0.219 e. The quantitative estimate of drug-likeness (QED) is 0.377. The van der Waals surface area contributed by atoms with Crippen molar-refractivity contribution in [3.05, 3.63) is 15.6 Å². The van der Waals surface area contributed by atoms with Crippen LogP contribution in [0.25, 0.3) is 0 Å². The van der Waals surface area contributed by atoms with E-state index in [1.165, 1.54) is 4.88 Å². The van der Waals surface area contributed by atoms with E-state index in [1.54, 1.807) is 25.3 Å². The van der Waals surface area contributed by atoms with E-state index >= 15 is 0 Å². The summed E-state index contributed by atoms with van der Waals surface area (Å²) in [5.41, 5.74) is 1.10. The summed E-state index contributed by atoms with van der Waals surface area (Å²) in [6.07, 6.45) is 0. The van der Waals surface area contributed by atoms with Crippen LogP contribution in [0.5, 0.6) is 0 Å². The maximum absolute atomic E-state index is 11.3. The first-order valence-corrected chi connectivity index (χ1v) is 9.16. The minimum atomic E-state index is 0. The molecule has 0 bridgehead atoms. The van der Waals surface area contributed by atoms with Crippen molar-refractivity contribution >= 4 is 47.2 Å². The fourth-order valence-electron chi connectivity index (χ4n) is 2.61. The van der Waals surface area contributed by atoms with Crippen LogP contribution in [0.2, 0.25) is 0 Å². The summed E-state index contributed by atoms with van der Waals surface area (Å²) in [5.74, 6) is 0.966. The molecule has 1 saturated heterocycles. The molecule has 2 N–H and O–H groups in total. The Kier molecular flexibility index (Phi) is 9.65. The lowest BCUT2D eigenvalue weighted by Gasteiger charge is -2.34. The minimum Gasteiger partial charge on any atom is -0.355 e. The molecule has 1 fully saturated rings. The normalized spacial score (nSPS) is 15.7. The first-order valence-electron chi connectivity index (χ1n) is 8.35. The Hall–Kier alpha value is -0.940. The van der Waals surface area contributed by atoms with E-state index in [-0.39, 0.29) is 29.9 Å². The van der Waals surface area contributed by atoms with Crippen LogP contribution in [-0.2, 0) is 11.3 Å². The molecule has 1 aromatic heterocycles. The molecule has 142 valence electrons. The van der Waals surface area contributed by atoms with Crippen molar-refractivity contribution < 1.29 is 4.79 Å². The highest BCUT2D eigenvalue weighted by Gasteiger charge is 2.17. The number of guanidine groups is 1. The molecule has 2 heterocycles. The van der Waals surface area contributed by atoms with Gasteiger partial charge in [-0.3, -0.25) is 14.7 Å². The number of piperazine rings is 1. The molecule has 1 aliphatic rings. The zero-order valence-electron chi connectivity index (χ0n) is 15.5. The van der Waals surface area contributed by atoms with Gasteiger partial charge in [0.15, 0.2) is 5.96 Å². The van der Waals surface area contributed by atoms with Crippen LogP contribution in [0.1, 0.15) is 22.5 Å². The largest absolute Gasteiger partial charge is 0.355 e. The van der Waals surface area contributed by atoms with Crippen LogP contribution in [0.15, 0.2) is 4.99 Å². The third kappa shape index (κ3) is 7.06. The molecule has 0 radical (unpaired) electrons. The fourth-order valence-corrected chi connectivity index (χ4v) is 3.49. The highest BCUT2D eigenvalue weighted by molar-refractivity contribution is 14.0. The highest BCUT2D eigenvalue weighted by Crippen LogP contribution is 2.15. The molecule has 0 spiro atoms. The van der Waals surface area contributed by atoms with Gasteiger partial charge in [0.05, 0.1) is 12.2 Å². The van der Waals surface area contributed by atoms with Crippen molar-refractivity contribution in [1.29, 1.82) is 0 Å². The van der Waals surface area contributed by atoms with E-state index in [0.717, 1.165) is 55.9 Å². The number of hydrogen-bond donors (Lipinski definition) is 2. The van der Waals surface area contributed by atoms with Crippen molar-refractivity contribution in [3.8, 4) is 0 Å². The molecule has 9 heteroatoms. The van der Waals surface area contributed by atoms with Crippen molar-refractivity contribution in [2.75, 3.05) is 46.3 Å². The smallest absolute Gasteiger partial charge is 0.219 e. The predicted molar refractivity (Wildman–Crippen MR) is 114 cm³/mol. The zero-order valence-corrected chi connectivity index (χ0v) is 18.6. The molecule has 0 atom stereocenters. The van der Waals surface area contributed by atoms with Gasteiger partial charge in [-0.05, 0) is 13.8 Å². The van der Waals surface area contributed by atoms with Gasteiger partial charge < -0.3 is 15.5 Å². The Morgan fingerprint density at radius 1 is 1.24 bits per heavy atom. The van der Waals surface area contributed by atoms with Gasteiger partial charge in [-0.1, -0.05) is 0 Å². The number of hydrogen-bond acceptors (Lipinski definition) is 5. The summed E-state index contributed by atoms with van der Waals surface area (Å²) in [6, 6.07) is 0. The molecule has 0 saturated carbocycles. The Labute approximate surface area is 171 Å². The molecular weight excluding hydrogens is 451 g/mol. The number of nitrogens with zero attached hydrogens (tertiary/aromatic N) is 4. The zero-order chi connectivity index (χ0) is 17.5. The Bertz CT molecular complexity index is 564. The van der Waals surface area contributed by atoms with Crippen molar-refractivity contribution in [2.24, 2.45) is 4.99 Å². The number of rotatable bonds is 5. The highest BCUT2D eigenvalue weighted by atomic mass is 127. The first-order chi connectivity index (χ1) is 11.5. The lowest BCUT2D eigenvalue weighted by Crippen LogP contribution is -2.50. The van der Waals surface area contributed by atoms with Crippen molar-refractivity contribution in [3.63, 3.8) is 0 Å². The summed E-state index contributed by atoms with van der Waals surface area (Å²) < 4.78 is 0. The molecule has 1 amide bonds.